The number of carbonyl (C=O) groups is 1. The topological polar surface area (TPSA) is 60.0 Å². The number of carbonyl (C=O) groups excluding carboxylic acids is 1. The molecule has 2 amide bonds. The van der Waals surface area contributed by atoms with Crippen LogP contribution in [0.1, 0.15) is 25.0 Å². The van der Waals surface area contributed by atoms with Crippen molar-refractivity contribution >= 4 is 6.03 Å². The number of nitrogens with zero attached hydrogens (tertiary/aromatic N) is 1. The number of benzene rings is 2. The summed E-state index contributed by atoms with van der Waals surface area (Å²) in [6.45, 7) is 5.02. The first-order chi connectivity index (χ1) is 13.5. The number of urea groups is 1. The van der Waals surface area contributed by atoms with Crippen molar-refractivity contribution in [2.45, 2.75) is 32.9 Å². The Balaban J connectivity index is 2.11. The molecule has 1 N–H and O–H groups in total. The molecule has 0 spiro atoms. The number of hydrogen-bond donors (Lipinski definition) is 1. The molecular weight excluding hydrogens is 356 g/mol. The van der Waals surface area contributed by atoms with E-state index in [1.807, 2.05) is 61.2 Å². The molecule has 6 heteroatoms. The van der Waals surface area contributed by atoms with Crippen LogP contribution in [0.4, 0.5) is 4.79 Å². The Bertz CT molecular complexity index is 760. The third kappa shape index (κ3) is 6.08. The fourth-order valence-corrected chi connectivity index (χ4v) is 2.84. The van der Waals surface area contributed by atoms with E-state index in [1.54, 1.807) is 21.3 Å². The lowest BCUT2D eigenvalue weighted by atomic mass is 10.1. The van der Waals surface area contributed by atoms with E-state index >= 15 is 0 Å². The minimum atomic E-state index is -0.0775. The van der Waals surface area contributed by atoms with Gasteiger partial charge in [0.25, 0.3) is 0 Å². The lowest BCUT2D eigenvalue weighted by Gasteiger charge is -2.25. The van der Waals surface area contributed by atoms with E-state index in [4.69, 9.17) is 14.2 Å². The van der Waals surface area contributed by atoms with Crippen LogP contribution in [0, 0.1) is 0 Å². The monoisotopic (exact) mass is 386 g/mol. The second-order valence-electron chi connectivity index (χ2n) is 6.81. The van der Waals surface area contributed by atoms with Gasteiger partial charge in [0.1, 0.15) is 5.75 Å². The van der Waals surface area contributed by atoms with E-state index in [2.05, 4.69) is 5.32 Å². The van der Waals surface area contributed by atoms with Crippen molar-refractivity contribution in [1.82, 2.24) is 10.2 Å². The van der Waals surface area contributed by atoms with Crippen molar-refractivity contribution in [3.8, 4) is 17.2 Å². The van der Waals surface area contributed by atoms with Crippen molar-refractivity contribution in [2.24, 2.45) is 0 Å². The molecule has 0 bridgehead atoms. The van der Waals surface area contributed by atoms with Crippen LogP contribution >= 0.6 is 0 Å². The van der Waals surface area contributed by atoms with Gasteiger partial charge in [0.15, 0.2) is 11.5 Å². The number of nitrogens with one attached hydrogen (secondary N) is 1. The minimum absolute atomic E-state index is 0.0759. The highest BCUT2D eigenvalue weighted by Gasteiger charge is 2.15. The smallest absolute Gasteiger partial charge is 0.317 e. The van der Waals surface area contributed by atoms with Gasteiger partial charge in [-0.05, 0) is 55.7 Å². The molecule has 6 nitrogen and oxygen atoms in total. The SMILES string of the molecule is COc1ccc(CN(CCc2ccc(OC)c(OC)c2)C(=O)NC(C)C)cc1. The number of ether oxygens (including phenoxy) is 3. The molecule has 0 unspecified atom stereocenters. The molecule has 2 rings (SSSR count). The highest BCUT2D eigenvalue weighted by atomic mass is 16.5. The molecule has 0 aliphatic heterocycles. The van der Waals surface area contributed by atoms with E-state index < -0.39 is 0 Å². The van der Waals surface area contributed by atoms with E-state index in [1.165, 1.54) is 0 Å². The Morgan fingerprint density at radius 1 is 0.929 bits per heavy atom. The van der Waals surface area contributed by atoms with Crippen LogP contribution in [-0.2, 0) is 13.0 Å². The molecule has 0 radical (unpaired) electrons. The normalized spacial score (nSPS) is 10.5. The summed E-state index contributed by atoms with van der Waals surface area (Å²) in [4.78, 5) is 14.5. The molecule has 0 saturated carbocycles. The fraction of sp³-hybridized carbons (Fsp3) is 0.409. The predicted octanol–water partition coefficient (Wildman–Crippen LogP) is 3.88. The van der Waals surface area contributed by atoms with Gasteiger partial charge < -0.3 is 24.4 Å². The summed E-state index contributed by atoms with van der Waals surface area (Å²) in [5.41, 5.74) is 2.13. The summed E-state index contributed by atoms with van der Waals surface area (Å²) in [6.07, 6.45) is 0.710. The van der Waals surface area contributed by atoms with Crippen molar-refractivity contribution in [1.29, 1.82) is 0 Å². The molecule has 0 atom stereocenters. The standard InChI is InChI=1S/C22H30N2O4/c1-16(2)23-22(25)24(15-18-6-9-19(26-3)10-7-18)13-12-17-8-11-20(27-4)21(14-17)28-5/h6-11,14,16H,12-13,15H2,1-5H3,(H,23,25). The van der Waals surface area contributed by atoms with Gasteiger partial charge in [-0.25, -0.2) is 4.79 Å². The Morgan fingerprint density at radius 3 is 2.14 bits per heavy atom. The van der Waals surface area contributed by atoms with Crippen molar-refractivity contribution in [2.75, 3.05) is 27.9 Å². The second-order valence-corrected chi connectivity index (χ2v) is 6.81. The Morgan fingerprint density at radius 2 is 1.57 bits per heavy atom. The van der Waals surface area contributed by atoms with E-state index in [-0.39, 0.29) is 12.1 Å². The van der Waals surface area contributed by atoms with Crippen molar-refractivity contribution < 1.29 is 19.0 Å². The summed E-state index contributed by atoms with van der Waals surface area (Å²) in [5, 5.41) is 2.98. The minimum Gasteiger partial charge on any atom is -0.497 e. The highest BCUT2D eigenvalue weighted by molar-refractivity contribution is 5.74. The molecular formula is C22H30N2O4. The zero-order valence-corrected chi connectivity index (χ0v) is 17.3. The Kier molecular flexibility index (Phi) is 7.99. The zero-order chi connectivity index (χ0) is 20.5. The van der Waals surface area contributed by atoms with Crippen molar-refractivity contribution in [3.63, 3.8) is 0 Å². The van der Waals surface area contributed by atoms with Gasteiger partial charge in [-0.1, -0.05) is 18.2 Å². The summed E-state index contributed by atoms with van der Waals surface area (Å²) in [7, 11) is 4.87. The van der Waals surface area contributed by atoms with E-state index in [9.17, 15) is 4.79 Å². The van der Waals surface area contributed by atoms with Crippen LogP contribution in [0.2, 0.25) is 0 Å². The number of rotatable bonds is 9. The molecule has 0 aliphatic carbocycles. The summed E-state index contributed by atoms with van der Waals surface area (Å²) < 4.78 is 15.9. The highest BCUT2D eigenvalue weighted by Crippen LogP contribution is 2.27. The maximum atomic E-state index is 12.7. The van der Waals surface area contributed by atoms with Gasteiger partial charge in [0.05, 0.1) is 21.3 Å². The first kappa shape index (κ1) is 21.4. The molecule has 0 fully saturated rings. The quantitative estimate of drug-likeness (QED) is 0.711. The number of hydrogen-bond acceptors (Lipinski definition) is 4. The Hall–Kier alpha value is -2.89. The third-order valence-electron chi connectivity index (χ3n) is 4.35. The summed E-state index contributed by atoms with van der Waals surface area (Å²) >= 11 is 0. The van der Waals surface area contributed by atoms with Gasteiger partial charge in [-0.15, -0.1) is 0 Å². The largest absolute Gasteiger partial charge is 0.497 e. The molecule has 0 saturated heterocycles. The first-order valence-electron chi connectivity index (χ1n) is 9.36. The summed E-state index contributed by atoms with van der Waals surface area (Å²) in [5.74, 6) is 2.18. The lowest BCUT2D eigenvalue weighted by molar-refractivity contribution is 0.193. The molecule has 2 aromatic carbocycles. The third-order valence-corrected chi connectivity index (χ3v) is 4.35. The maximum Gasteiger partial charge on any atom is 0.317 e. The molecule has 0 heterocycles. The molecule has 152 valence electrons. The van der Waals surface area contributed by atoms with Crippen LogP contribution in [0.3, 0.4) is 0 Å². The fourth-order valence-electron chi connectivity index (χ4n) is 2.84. The molecule has 2 aromatic rings. The van der Waals surface area contributed by atoms with Gasteiger partial charge >= 0.3 is 6.03 Å². The molecule has 0 aliphatic rings. The first-order valence-corrected chi connectivity index (χ1v) is 9.36. The van der Waals surface area contributed by atoms with Crippen LogP contribution in [-0.4, -0.2) is 44.8 Å². The molecule has 28 heavy (non-hydrogen) atoms. The van der Waals surface area contributed by atoms with E-state index in [0.717, 1.165) is 16.9 Å². The van der Waals surface area contributed by atoms with Gasteiger partial charge in [-0.3, -0.25) is 0 Å². The van der Waals surface area contributed by atoms with Gasteiger partial charge in [0.2, 0.25) is 0 Å². The number of amides is 2. The van der Waals surface area contributed by atoms with Crippen LogP contribution in [0.15, 0.2) is 42.5 Å². The number of methoxy groups -OCH3 is 3. The van der Waals surface area contributed by atoms with Crippen molar-refractivity contribution in [3.05, 3.63) is 53.6 Å². The van der Waals surface area contributed by atoms with Crippen LogP contribution < -0.4 is 19.5 Å². The lowest BCUT2D eigenvalue weighted by Crippen LogP contribution is -2.43. The van der Waals surface area contributed by atoms with Gasteiger partial charge in [-0.2, -0.15) is 0 Å². The van der Waals surface area contributed by atoms with Crippen LogP contribution in [0.5, 0.6) is 17.2 Å². The van der Waals surface area contributed by atoms with E-state index in [0.29, 0.717) is 31.0 Å². The average Bonchev–Trinajstić information content (AvgIpc) is 2.70. The zero-order valence-electron chi connectivity index (χ0n) is 17.3. The van der Waals surface area contributed by atoms with Crippen LogP contribution in [0.25, 0.3) is 0 Å². The molecule has 0 aromatic heterocycles. The second kappa shape index (κ2) is 10.4. The summed E-state index contributed by atoms with van der Waals surface area (Å²) in [6, 6.07) is 13.6. The van der Waals surface area contributed by atoms with Gasteiger partial charge in [0, 0.05) is 19.1 Å². The average molecular weight is 386 g/mol. The Labute approximate surface area is 167 Å². The predicted molar refractivity (Wildman–Crippen MR) is 110 cm³/mol. The maximum absolute atomic E-state index is 12.7.